The fourth-order valence-electron chi connectivity index (χ4n) is 3.63. The molecule has 5 heteroatoms. The molecule has 1 atom stereocenters. The molecule has 1 saturated heterocycles. The van der Waals surface area contributed by atoms with Crippen molar-refractivity contribution in [3.05, 3.63) is 60.3 Å². The molecular weight excluding hydrogens is 326 g/mol. The summed E-state index contributed by atoms with van der Waals surface area (Å²) in [6.07, 6.45) is 3.26. The molecule has 3 aromatic rings. The molecule has 26 heavy (non-hydrogen) atoms. The molecule has 1 unspecified atom stereocenters. The van der Waals surface area contributed by atoms with Crippen molar-refractivity contribution in [2.24, 2.45) is 0 Å². The van der Waals surface area contributed by atoms with E-state index in [1.165, 1.54) is 5.69 Å². The number of hydrogen-bond donors (Lipinski definition) is 2. The number of carbonyl (C=O) groups excluding carboxylic acids is 1. The molecule has 1 aromatic heterocycles. The third kappa shape index (κ3) is 3.38. The first-order chi connectivity index (χ1) is 12.7. The number of fused-ring (bicyclic) bond motifs is 1. The Balaban J connectivity index is 1.39. The van der Waals surface area contributed by atoms with Crippen LogP contribution in [0.5, 0.6) is 5.75 Å². The van der Waals surface area contributed by atoms with Crippen LogP contribution in [0.15, 0.2) is 54.7 Å². The maximum absolute atomic E-state index is 12.5. The summed E-state index contributed by atoms with van der Waals surface area (Å²) in [5.74, 6) is 0.863. The molecule has 2 heterocycles. The first-order valence-electron chi connectivity index (χ1n) is 8.96. The fraction of sp³-hybridized carbons (Fsp3) is 0.286. The van der Waals surface area contributed by atoms with Gasteiger partial charge in [-0.3, -0.25) is 4.79 Å². The minimum Gasteiger partial charge on any atom is -0.497 e. The third-order valence-electron chi connectivity index (χ3n) is 5.00. The molecule has 0 spiro atoms. The Labute approximate surface area is 153 Å². The van der Waals surface area contributed by atoms with Crippen LogP contribution in [0.25, 0.3) is 10.9 Å². The maximum atomic E-state index is 12.5. The normalized spacial score (nSPS) is 16.8. The van der Waals surface area contributed by atoms with E-state index in [4.69, 9.17) is 4.74 Å². The van der Waals surface area contributed by atoms with Crippen LogP contribution in [0.3, 0.4) is 0 Å². The number of ether oxygens (including phenoxy) is 1. The van der Waals surface area contributed by atoms with Gasteiger partial charge in [-0.15, -0.1) is 0 Å². The number of aromatic nitrogens is 1. The van der Waals surface area contributed by atoms with Gasteiger partial charge in [0.05, 0.1) is 13.5 Å². The number of benzene rings is 2. The van der Waals surface area contributed by atoms with Crippen LogP contribution in [0, 0.1) is 0 Å². The Kier molecular flexibility index (Phi) is 4.52. The van der Waals surface area contributed by atoms with Crippen LogP contribution in [0.4, 0.5) is 5.69 Å². The van der Waals surface area contributed by atoms with Crippen LogP contribution < -0.4 is 15.0 Å². The number of amides is 1. The zero-order valence-corrected chi connectivity index (χ0v) is 14.9. The number of nitrogens with zero attached hydrogens (tertiary/aromatic N) is 1. The zero-order chi connectivity index (χ0) is 17.9. The predicted molar refractivity (Wildman–Crippen MR) is 104 cm³/mol. The van der Waals surface area contributed by atoms with E-state index in [9.17, 15) is 4.79 Å². The van der Waals surface area contributed by atoms with Gasteiger partial charge in [0.1, 0.15) is 5.75 Å². The number of rotatable bonds is 5. The molecule has 134 valence electrons. The van der Waals surface area contributed by atoms with Crippen LogP contribution in [0.2, 0.25) is 0 Å². The predicted octanol–water partition coefficient (Wildman–Crippen LogP) is 3.11. The van der Waals surface area contributed by atoms with E-state index in [0.29, 0.717) is 6.42 Å². The Morgan fingerprint density at radius 1 is 1.27 bits per heavy atom. The number of H-pyrrole nitrogens is 1. The molecule has 0 bridgehead atoms. The van der Waals surface area contributed by atoms with Gasteiger partial charge in [-0.25, -0.2) is 0 Å². The molecule has 1 aliphatic heterocycles. The topological polar surface area (TPSA) is 57.4 Å². The standard InChI is InChI=1S/C21H23N3O2/c1-26-18-7-8-20-19(12-18)15(13-22-20)11-21(25)23-16-9-10-24(14-16)17-5-3-2-4-6-17/h2-8,12-13,16,22H,9-11,14H2,1H3,(H,23,25). The maximum Gasteiger partial charge on any atom is 0.224 e. The van der Waals surface area contributed by atoms with Crippen LogP contribution in [-0.4, -0.2) is 37.1 Å². The Morgan fingerprint density at radius 3 is 2.92 bits per heavy atom. The number of nitrogens with one attached hydrogen (secondary N) is 2. The Hall–Kier alpha value is -2.95. The first kappa shape index (κ1) is 16.5. The fourth-order valence-corrected chi connectivity index (χ4v) is 3.63. The molecule has 4 rings (SSSR count). The lowest BCUT2D eigenvalue weighted by molar-refractivity contribution is -0.121. The zero-order valence-electron chi connectivity index (χ0n) is 14.9. The minimum atomic E-state index is 0.0635. The highest BCUT2D eigenvalue weighted by Crippen LogP contribution is 2.24. The average molecular weight is 349 g/mol. The van der Waals surface area contributed by atoms with E-state index in [1.807, 2.05) is 42.6 Å². The Morgan fingerprint density at radius 2 is 2.12 bits per heavy atom. The number of aromatic amines is 1. The summed E-state index contributed by atoms with van der Waals surface area (Å²) in [7, 11) is 1.65. The van der Waals surface area contributed by atoms with Gasteiger partial charge in [-0.2, -0.15) is 0 Å². The van der Waals surface area contributed by atoms with Crippen molar-refractivity contribution in [1.82, 2.24) is 10.3 Å². The summed E-state index contributed by atoms with van der Waals surface area (Å²) in [4.78, 5) is 18.1. The van der Waals surface area contributed by atoms with Crippen molar-refractivity contribution in [1.29, 1.82) is 0 Å². The minimum absolute atomic E-state index is 0.0635. The van der Waals surface area contributed by atoms with Crippen molar-refractivity contribution >= 4 is 22.5 Å². The Bertz CT molecular complexity index is 904. The lowest BCUT2D eigenvalue weighted by Gasteiger charge is -2.19. The van der Waals surface area contributed by atoms with Gasteiger partial charge in [0.2, 0.25) is 5.91 Å². The second-order valence-corrected chi connectivity index (χ2v) is 6.74. The quantitative estimate of drug-likeness (QED) is 0.744. The monoisotopic (exact) mass is 349 g/mol. The highest BCUT2D eigenvalue weighted by molar-refractivity contribution is 5.89. The van der Waals surface area contributed by atoms with Gasteiger partial charge >= 0.3 is 0 Å². The average Bonchev–Trinajstić information content (AvgIpc) is 3.29. The molecule has 5 nitrogen and oxygen atoms in total. The van der Waals surface area contributed by atoms with Crippen LogP contribution in [0.1, 0.15) is 12.0 Å². The molecule has 1 fully saturated rings. The second kappa shape index (κ2) is 7.12. The molecule has 2 N–H and O–H groups in total. The van der Waals surface area contributed by atoms with E-state index in [-0.39, 0.29) is 11.9 Å². The molecule has 1 amide bonds. The molecule has 0 saturated carbocycles. The summed E-state index contributed by atoms with van der Waals surface area (Å²) in [5.41, 5.74) is 3.23. The summed E-state index contributed by atoms with van der Waals surface area (Å²) in [6.45, 7) is 1.83. The summed E-state index contributed by atoms with van der Waals surface area (Å²) < 4.78 is 5.29. The van der Waals surface area contributed by atoms with Gasteiger partial charge in [-0.1, -0.05) is 18.2 Å². The van der Waals surface area contributed by atoms with Crippen molar-refractivity contribution in [2.75, 3.05) is 25.1 Å². The summed E-state index contributed by atoms with van der Waals surface area (Å²) in [5, 5.41) is 4.22. The van der Waals surface area contributed by atoms with E-state index in [1.54, 1.807) is 7.11 Å². The largest absolute Gasteiger partial charge is 0.497 e. The van der Waals surface area contributed by atoms with Gasteiger partial charge in [-0.05, 0) is 42.3 Å². The highest BCUT2D eigenvalue weighted by Gasteiger charge is 2.24. The van der Waals surface area contributed by atoms with Crippen LogP contribution in [-0.2, 0) is 11.2 Å². The van der Waals surface area contributed by atoms with E-state index in [0.717, 1.165) is 41.7 Å². The van der Waals surface area contributed by atoms with Gasteiger partial charge < -0.3 is 19.9 Å². The number of para-hydroxylation sites is 1. The lowest BCUT2D eigenvalue weighted by atomic mass is 10.1. The van der Waals surface area contributed by atoms with E-state index >= 15 is 0 Å². The van der Waals surface area contributed by atoms with Gasteiger partial charge in [0, 0.05) is 41.9 Å². The molecule has 0 radical (unpaired) electrons. The summed E-state index contributed by atoms with van der Waals surface area (Å²) in [6, 6.07) is 16.4. The second-order valence-electron chi connectivity index (χ2n) is 6.74. The van der Waals surface area contributed by atoms with Crippen molar-refractivity contribution in [2.45, 2.75) is 18.9 Å². The SMILES string of the molecule is COc1ccc2[nH]cc(CC(=O)NC3CCN(c4ccccc4)C3)c2c1. The van der Waals surface area contributed by atoms with Gasteiger partial charge in [0.15, 0.2) is 0 Å². The number of carbonyl (C=O) groups is 1. The first-order valence-corrected chi connectivity index (χ1v) is 8.96. The lowest BCUT2D eigenvalue weighted by Crippen LogP contribution is -2.37. The number of hydrogen-bond acceptors (Lipinski definition) is 3. The molecule has 1 aliphatic rings. The third-order valence-corrected chi connectivity index (χ3v) is 5.00. The summed E-state index contributed by atoms with van der Waals surface area (Å²) >= 11 is 0. The van der Waals surface area contributed by atoms with Gasteiger partial charge in [0.25, 0.3) is 0 Å². The number of methoxy groups -OCH3 is 1. The highest BCUT2D eigenvalue weighted by atomic mass is 16.5. The molecule has 2 aromatic carbocycles. The van der Waals surface area contributed by atoms with E-state index < -0.39 is 0 Å². The molecular formula is C21H23N3O2. The van der Waals surface area contributed by atoms with Crippen molar-refractivity contribution in [3.8, 4) is 5.75 Å². The smallest absolute Gasteiger partial charge is 0.224 e. The number of anilines is 1. The van der Waals surface area contributed by atoms with Crippen molar-refractivity contribution < 1.29 is 9.53 Å². The van der Waals surface area contributed by atoms with E-state index in [2.05, 4.69) is 27.3 Å². The van der Waals surface area contributed by atoms with Crippen molar-refractivity contribution in [3.63, 3.8) is 0 Å². The van der Waals surface area contributed by atoms with Crippen LogP contribution >= 0.6 is 0 Å². The molecule has 0 aliphatic carbocycles.